The van der Waals surface area contributed by atoms with Crippen molar-refractivity contribution in [1.29, 1.82) is 0 Å². The zero-order chi connectivity index (χ0) is 16.4. The van der Waals surface area contributed by atoms with Crippen LogP contribution in [0.5, 0.6) is 0 Å². The number of benzene rings is 1. The molecule has 0 saturated heterocycles. The number of fused-ring (bicyclic) bond motifs is 1. The predicted molar refractivity (Wildman–Crippen MR) is 88.4 cm³/mol. The largest absolute Gasteiger partial charge is 0.291 e. The Morgan fingerprint density at radius 3 is 2.57 bits per heavy atom. The third kappa shape index (κ3) is 2.33. The number of azide groups is 2. The van der Waals surface area contributed by atoms with Crippen molar-refractivity contribution < 1.29 is 0 Å². The highest BCUT2D eigenvalue weighted by atomic mass is 35.5. The van der Waals surface area contributed by atoms with Gasteiger partial charge in [-0.3, -0.25) is 4.57 Å². The second kappa shape index (κ2) is 5.90. The molecule has 3 aromatic rings. The monoisotopic (exact) mass is 324 g/mol. The van der Waals surface area contributed by atoms with E-state index in [9.17, 15) is 0 Å². The van der Waals surface area contributed by atoms with Crippen LogP contribution in [-0.2, 0) is 0 Å². The van der Waals surface area contributed by atoms with Crippen molar-refractivity contribution in [2.45, 2.75) is 6.92 Å². The van der Waals surface area contributed by atoms with Gasteiger partial charge in [-0.25, -0.2) is 4.98 Å². The first kappa shape index (κ1) is 14.7. The van der Waals surface area contributed by atoms with E-state index in [4.69, 9.17) is 22.7 Å². The molecule has 0 spiro atoms. The first-order valence-corrected chi connectivity index (χ1v) is 6.92. The lowest BCUT2D eigenvalue weighted by Gasteiger charge is -2.07. The van der Waals surface area contributed by atoms with E-state index in [1.54, 1.807) is 29.0 Å². The van der Waals surface area contributed by atoms with Crippen molar-refractivity contribution in [1.82, 2.24) is 9.55 Å². The number of pyridine rings is 1. The summed E-state index contributed by atoms with van der Waals surface area (Å²) in [6.45, 7) is 1.84. The summed E-state index contributed by atoms with van der Waals surface area (Å²) >= 11 is 6.39. The molecule has 2 aromatic heterocycles. The summed E-state index contributed by atoms with van der Waals surface area (Å²) in [6, 6.07) is 8.98. The molecule has 0 bridgehead atoms. The van der Waals surface area contributed by atoms with Gasteiger partial charge in [0, 0.05) is 21.4 Å². The third-order valence-electron chi connectivity index (χ3n) is 3.38. The molecule has 3 rings (SSSR count). The van der Waals surface area contributed by atoms with Crippen LogP contribution in [0.4, 0.5) is 11.5 Å². The van der Waals surface area contributed by atoms with Crippen LogP contribution in [0.25, 0.3) is 37.6 Å². The Hall–Kier alpha value is -3.18. The number of rotatable bonds is 3. The van der Waals surface area contributed by atoms with Gasteiger partial charge >= 0.3 is 0 Å². The molecule has 0 fully saturated rings. The molecule has 0 radical (unpaired) electrons. The molecule has 0 atom stereocenters. The predicted octanol–water partition coefficient (Wildman–Crippen LogP) is 5.87. The molecule has 0 aliphatic carbocycles. The minimum atomic E-state index is 0.145. The molecule has 0 N–H and O–H groups in total. The maximum atomic E-state index is 8.89. The van der Waals surface area contributed by atoms with Gasteiger partial charge in [0.05, 0.1) is 16.2 Å². The molecular weight excluding hydrogens is 316 g/mol. The van der Waals surface area contributed by atoms with Crippen LogP contribution >= 0.6 is 11.6 Å². The number of hydrogen-bond donors (Lipinski definition) is 0. The van der Waals surface area contributed by atoms with Crippen molar-refractivity contribution in [3.63, 3.8) is 0 Å². The summed E-state index contributed by atoms with van der Waals surface area (Å²) in [7, 11) is 0. The van der Waals surface area contributed by atoms with Crippen LogP contribution in [0, 0.1) is 6.92 Å². The lowest BCUT2D eigenvalue weighted by atomic mass is 10.1. The third-order valence-corrected chi connectivity index (χ3v) is 3.86. The van der Waals surface area contributed by atoms with E-state index in [1.807, 2.05) is 19.1 Å². The Kier molecular flexibility index (Phi) is 3.78. The van der Waals surface area contributed by atoms with Crippen molar-refractivity contribution in [2.24, 2.45) is 10.2 Å². The summed E-state index contributed by atoms with van der Waals surface area (Å²) in [6.07, 6.45) is 1.62. The summed E-state index contributed by atoms with van der Waals surface area (Å²) in [5.74, 6) is 0.672. The molecule has 0 aliphatic heterocycles. The first-order chi connectivity index (χ1) is 11.2. The highest BCUT2D eigenvalue weighted by Gasteiger charge is 2.20. The van der Waals surface area contributed by atoms with E-state index in [0.29, 0.717) is 21.7 Å². The van der Waals surface area contributed by atoms with Crippen LogP contribution in [0.15, 0.2) is 46.8 Å². The van der Waals surface area contributed by atoms with Crippen LogP contribution in [0.1, 0.15) is 5.56 Å². The zero-order valence-corrected chi connectivity index (χ0v) is 12.7. The van der Waals surface area contributed by atoms with Gasteiger partial charge in [0.15, 0.2) is 0 Å². The van der Waals surface area contributed by atoms with E-state index in [2.05, 4.69) is 25.0 Å². The molecule has 2 heterocycles. The average Bonchev–Trinajstić information content (AvgIpc) is 2.87. The molecule has 8 nitrogen and oxygen atoms in total. The molecule has 0 aliphatic rings. The quantitative estimate of drug-likeness (QED) is 0.334. The fraction of sp³-hybridized carbons (Fsp3) is 0.0714. The maximum absolute atomic E-state index is 8.89. The van der Waals surface area contributed by atoms with Gasteiger partial charge in [-0.2, -0.15) is 0 Å². The lowest BCUT2D eigenvalue weighted by Crippen LogP contribution is -1.95. The minimum absolute atomic E-state index is 0.145. The molecule has 9 heteroatoms. The summed E-state index contributed by atoms with van der Waals surface area (Å²) < 4.78 is 1.62. The maximum Gasteiger partial charge on any atom is 0.137 e. The first-order valence-electron chi connectivity index (χ1n) is 6.54. The normalized spacial score (nSPS) is 10.2. The summed E-state index contributed by atoms with van der Waals surface area (Å²) in [5.41, 5.74) is 19.4. The Balaban J connectivity index is 2.57. The zero-order valence-electron chi connectivity index (χ0n) is 11.9. The summed E-state index contributed by atoms with van der Waals surface area (Å²) in [5, 5.41) is 8.34. The molecule has 23 heavy (non-hydrogen) atoms. The molecule has 0 saturated carbocycles. The number of aryl methyl sites for hydroxylation is 1. The van der Waals surface area contributed by atoms with Crippen molar-refractivity contribution in [3.05, 3.63) is 68.0 Å². The standard InChI is InChI=1S/C14H9ClN8/c1-8-5-6-9-11(12(8)15)13(19-21-16)14(20-22-17)23(9)10-4-2-3-7-18-10/h2-7H,1H3. The highest BCUT2D eigenvalue weighted by Crippen LogP contribution is 2.45. The van der Waals surface area contributed by atoms with Crippen LogP contribution in [0.2, 0.25) is 5.02 Å². The van der Waals surface area contributed by atoms with Crippen LogP contribution < -0.4 is 0 Å². The van der Waals surface area contributed by atoms with Crippen LogP contribution in [0.3, 0.4) is 0 Å². The molecule has 1 aromatic carbocycles. The smallest absolute Gasteiger partial charge is 0.137 e. The SMILES string of the molecule is Cc1ccc2c(c1Cl)c(N=[N+]=[N-])c(N=[N+]=[N-])n2-c1ccccn1. The Labute approximate surface area is 135 Å². The van der Waals surface area contributed by atoms with Crippen molar-refractivity contribution in [2.75, 3.05) is 0 Å². The van der Waals surface area contributed by atoms with Gasteiger partial charge < -0.3 is 0 Å². The fourth-order valence-corrected chi connectivity index (χ4v) is 2.65. The van der Waals surface area contributed by atoms with Gasteiger partial charge in [0.25, 0.3) is 0 Å². The summed E-state index contributed by atoms with van der Waals surface area (Å²) in [4.78, 5) is 9.93. The van der Waals surface area contributed by atoms with Crippen LogP contribution in [-0.4, -0.2) is 9.55 Å². The topological polar surface area (TPSA) is 115 Å². The van der Waals surface area contributed by atoms with Gasteiger partial charge in [0.1, 0.15) is 11.6 Å². The second-order valence-corrected chi connectivity index (χ2v) is 5.04. The van der Waals surface area contributed by atoms with E-state index in [-0.39, 0.29) is 11.5 Å². The molecule has 0 unspecified atom stereocenters. The van der Waals surface area contributed by atoms with E-state index in [0.717, 1.165) is 5.56 Å². The van der Waals surface area contributed by atoms with E-state index < -0.39 is 0 Å². The highest BCUT2D eigenvalue weighted by molar-refractivity contribution is 6.37. The molecule has 0 amide bonds. The Morgan fingerprint density at radius 2 is 1.91 bits per heavy atom. The molecular formula is C14H9ClN8. The number of aromatic nitrogens is 2. The average molecular weight is 325 g/mol. The van der Waals surface area contributed by atoms with Gasteiger partial charge in [0.2, 0.25) is 0 Å². The van der Waals surface area contributed by atoms with E-state index >= 15 is 0 Å². The van der Waals surface area contributed by atoms with Gasteiger partial charge in [-0.1, -0.05) is 28.8 Å². The second-order valence-electron chi connectivity index (χ2n) is 4.67. The Bertz CT molecular complexity index is 995. The Morgan fingerprint density at radius 1 is 1.13 bits per heavy atom. The number of hydrogen-bond acceptors (Lipinski definition) is 3. The van der Waals surface area contributed by atoms with Gasteiger partial charge in [-0.15, -0.1) is 0 Å². The van der Waals surface area contributed by atoms with Crippen molar-refractivity contribution >= 4 is 34.0 Å². The number of nitrogens with zero attached hydrogens (tertiary/aromatic N) is 8. The van der Waals surface area contributed by atoms with E-state index in [1.165, 1.54) is 0 Å². The van der Waals surface area contributed by atoms with Gasteiger partial charge in [-0.05, 0) is 46.9 Å². The fourth-order valence-electron chi connectivity index (χ4n) is 2.41. The van der Waals surface area contributed by atoms with Crippen molar-refractivity contribution in [3.8, 4) is 5.82 Å². The lowest BCUT2D eigenvalue weighted by molar-refractivity contribution is 1.03. The number of halogens is 1. The molecule has 112 valence electrons. The minimum Gasteiger partial charge on any atom is -0.291 e.